The van der Waals surface area contributed by atoms with Crippen LogP contribution in [0.15, 0.2) is 24.3 Å². The van der Waals surface area contributed by atoms with Crippen molar-refractivity contribution >= 4 is 16.3 Å². The summed E-state index contributed by atoms with van der Waals surface area (Å²) in [6.07, 6.45) is 4.18. The molecule has 3 aromatic rings. The van der Waals surface area contributed by atoms with E-state index in [1.165, 1.54) is 28.3 Å². The number of benzene rings is 1. The van der Waals surface area contributed by atoms with Crippen LogP contribution < -0.4 is 0 Å². The zero-order valence-corrected chi connectivity index (χ0v) is 15.0. The predicted molar refractivity (Wildman–Crippen MR) is 95.6 cm³/mol. The van der Waals surface area contributed by atoms with E-state index in [9.17, 15) is 9.50 Å². The Morgan fingerprint density at radius 1 is 1.28 bits per heavy atom. The molecule has 5 nitrogen and oxygen atoms in total. The number of piperidine rings is 1. The van der Waals surface area contributed by atoms with Crippen LogP contribution in [0.2, 0.25) is 0 Å². The summed E-state index contributed by atoms with van der Waals surface area (Å²) < 4.78 is 15.4. The van der Waals surface area contributed by atoms with Crippen LogP contribution in [-0.2, 0) is 6.42 Å². The molecule has 2 aromatic heterocycles. The van der Waals surface area contributed by atoms with E-state index in [1.807, 2.05) is 13.0 Å². The Hall–Kier alpha value is -1.99. The van der Waals surface area contributed by atoms with Crippen LogP contribution in [0.25, 0.3) is 4.96 Å². The van der Waals surface area contributed by atoms with Gasteiger partial charge in [0.25, 0.3) is 0 Å². The molecule has 0 spiro atoms. The number of hydrogen-bond donors (Lipinski definition) is 1. The number of aromatic nitrogens is 3. The molecule has 1 aliphatic heterocycles. The fourth-order valence-electron chi connectivity index (χ4n) is 3.50. The first kappa shape index (κ1) is 16.5. The highest BCUT2D eigenvalue weighted by Gasteiger charge is 2.30. The SMILES string of the molecule is CCc1nc2sc([C@@H](c3cccc(F)c3)N3CCCCC3)c(O)n2n1. The molecule has 1 N–H and O–H groups in total. The van der Waals surface area contributed by atoms with Crippen molar-refractivity contribution in [3.8, 4) is 5.88 Å². The molecule has 4 rings (SSSR count). The Kier molecular flexibility index (Phi) is 4.43. The van der Waals surface area contributed by atoms with Crippen LogP contribution in [0.4, 0.5) is 4.39 Å². The molecule has 1 fully saturated rings. The van der Waals surface area contributed by atoms with Gasteiger partial charge in [-0.2, -0.15) is 4.52 Å². The van der Waals surface area contributed by atoms with Crippen molar-refractivity contribution < 1.29 is 9.50 Å². The lowest BCUT2D eigenvalue weighted by Crippen LogP contribution is -2.34. The largest absolute Gasteiger partial charge is 0.492 e. The second-order valence-corrected chi connectivity index (χ2v) is 7.43. The average Bonchev–Trinajstić information content (AvgIpc) is 3.16. The maximum Gasteiger partial charge on any atom is 0.230 e. The molecule has 132 valence electrons. The molecule has 0 saturated carbocycles. The highest BCUT2D eigenvalue weighted by atomic mass is 32.1. The van der Waals surface area contributed by atoms with Gasteiger partial charge < -0.3 is 5.11 Å². The van der Waals surface area contributed by atoms with Gasteiger partial charge in [-0.25, -0.2) is 9.37 Å². The van der Waals surface area contributed by atoms with E-state index in [0.717, 1.165) is 42.8 Å². The lowest BCUT2D eigenvalue weighted by atomic mass is 10.0. The van der Waals surface area contributed by atoms with Crippen molar-refractivity contribution in [2.24, 2.45) is 0 Å². The first-order valence-electron chi connectivity index (χ1n) is 8.74. The first-order chi connectivity index (χ1) is 12.2. The molecule has 1 atom stereocenters. The van der Waals surface area contributed by atoms with Crippen molar-refractivity contribution in [2.45, 2.75) is 38.6 Å². The second-order valence-electron chi connectivity index (χ2n) is 6.42. The van der Waals surface area contributed by atoms with Gasteiger partial charge in [0.05, 0.1) is 10.9 Å². The molecule has 0 bridgehead atoms. The third-order valence-corrected chi connectivity index (χ3v) is 5.80. The molecule has 0 unspecified atom stereocenters. The molecular formula is C18H21FN4OS. The van der Waals surface area contributed by atoms with E-state index < -0.39 is 0 Å². The van der Waals surface area contributed by atoms with Gasteiger partial charge in [-0.3, -0.25) is 4.90 Å². The number of halogens is 1. The minimum atomic E-state index is -0.258. The van der Waals surface area contributed by atoms with Gasteiger partial charge >= 0.3 is 0 Å². The smallest absolute Gasteiger partial charge is 0.230 e. The highest BCUT2D eigenvalue weighted by Crippen LogP contribution is 2.40. The minimum Gasteiger partial charge on any atom is -0.492 e. The standard InChI is InChI=1S/C18H21FN4OS/c1-2-14-20-18-23(21-14)17(24)16(25-18)15(22-9-4-3-5-10-22)12-7-6-8-13(19)11-12/h6-8,11,15,24H,2-5,9-10H2,1H3/t15-/m1/s1. The lowest BCUT2D eigenvalue weighted by Gasteiger charge is -2.34. The molecule has 0 radical (unpaired) electrons. The summed E-state index contributed by atoms with van der Waals surface area (Å²) in [5.41, 5.74) is 0.859. The molecule has 7 heteroatoms. The quantitative estimate of drug-likeness (QED) is 0.769. The number of aryl methyl sites for hydroxylation is 1. The summed E-state index contributed by atoms with van der Waals surface area (Å²) in [5, 5.41) is 15.1. The fourth-order valence-corrected chi connectivity index (χ4v) is 4.64. The van der Waals surface area contributed by atoms with Crippen molar-refractivity contribution in [2.75, 3.05) is 13.1 Å². The number of rotatable bonds is 4. The molecule has 1 saturated heterocycles. The normalized spacial score (nSPS) is 17.2. The first-order valence-corrected chi connectivity index (χ1v) is 9.56. The Morgan fingerprint density at radius 3 is 2.76 bits per heavy atom. The Balaban J connectivity index is 1.82. The van der Waals surface area contributed by atoms with Gasteiger partial charge in [0, 0.05) is 6.42 Å². The van der Waals surface area contributed by atoms with Crippen LogP contribution in [-0.4, -0.2) is 37.7 Å². The van der Waals surface area contributed by atoms with Crippen molar-refractivity contribution in [3.05, 3.63) is 46.3 Å². The van der Waals surface area contributed by atoms with Gasteiger partial charge in [-0.1, -0.05) is 36.8 Å². The van der Waals surface area contributed by atoms with Gasteiger partial charge in [0.15, 0.2) is 5.82 Å². The van der Waals surface area contributed by atoms with Crippen LogP contribution in [0.5, 0.6) is 5.88 Å². The van der Waals surface area contributed by atoms with E-state index in [-0.39, 0.29) is 17.7 Å². The second kappa shape index (κ2) is 6.72. The maximum absolute atomic E-state index is 13.8. The van der Waals surface area contributed by atoms with Gasteiger partial charge in [-0.05, 0) is 43.6 Å². The van der Waals surface area contributed by atoms with Crippen LogP contribution in [0, 0.1) is 5.82 Å². The van der Waals surface area contributed by atoms with E-state index in [1.54, 1.807) is 12.1 Å². The van der Waals surface area contributed by atoms with Gasteiger partial charge in [0.1, 0.15) is 5.82 Å². The zero-order chi connectivity index (χ0) is 17.4. The number of aromatic hydroxyl groups is 1. The van der Waals surface area contributed by atoms with Crippen molar-refractivity contribution in [3.63, 3.8) is 0 Å². The number of fused-ring (bicyclic) bond motifs is 1. The van der Waals surface area contributed by atoms with E-state index >= 15 is 0 Å². The third kappa shape index (κ3) is 3.02. The van der Waals surface area contributed by atoms with Crippen molar-refractivity contribution in [1.82, 2.24) is 19.5 Å². The monoisotopic (exact) mass is 360 g/mol. The summed E-state index contributed by atoms with van der Waals surface area (Å²) >= 11 is 1.44. The molecule has 0 amide bonds. The molecule has 3 heterocycles. The van der Waals surface area contributed by atoms with E-state index in [2.05, 4.69) is 15.0 Å². The summed E-state index contributed by atoms with van der Waals surface area (Å²) in [5.74, 6) is 0.576. The summed E-state index contributed by atoms with van der Waals surface area (Å²) in [6.45, 7) is 3.86. The predicted octanol–water partition coefficient (Wildman–Crippen LogP) is 3.77. The average molecular weight is 360 g/mol. The van der Waals surface area contributed by atoms with Crippen molar-refractivity contribution in [1.29, 1.82) is 0 Å². The van der Waals surface area contributed by atoms with Gasteiger partial charge in [0.2, 0.25) is 10.8 Å². The number of thiazole rings is 1. The van der Waals surface area contributed by atoms with Crippen LogP contribution >= 0.6 is 11.3 Å². The molecule has 1 aliphatic rings. The zero-order valence-electron chi connectivity index (χ0n) is 14.2. The highest BCUT2D eigenvalue weighted by molar-refractivity contribution is 7.17. The van der Waals surface area contributed by atoms with E-state index in [0.29, 0.717) is 10.8 Å². The molecule has 0 aliphatic carbocycles. The topological polar surface area (TPSA) is 53.7 Å². The maximum atomic E-state index is 13.8. The van der Waals surface area contributed by atoms with Crippen LogP contribution in [0.1, 0.15) is 48.5 Å². The molecular weight excluding hydrogens is 339 g/mol. The number of hydrogen-bond acceptors (Lipinski definition) is 5. The Morgan fingerprint density at radius 2 is 2.08 bits per heavy atom. The summed E-state index contributed by atoms with van der Waals surface area (Å²) in [7, 11) is 0. The third-order valence-electron chi connectivity index (χ3n) is 4.73. The fraction of sp³-hybridized carbons (Fsp3) is 0.444. The Bertz CT molecular complexity index is 884. The number of likely N-dealkylation sites (tertiary alicyclic amines) is 1. The summed E-state index contributed by atoms with van der Waals surface area (Å²) in [6, 6.07) is 6.49. The lowest BCUT2D eigenvalue weighted by molar-refractivity contribution is 0.186. The van der Waals surface area contributed by atoms with Gasteiger partial charge in [-0.15, -0.1) is 5.10 Å². The van der Waals surface area contributed by atoms with Crippen LogP contribution in [0.3, 0.4) is 0 Å². The van der Waals surface area contributed by atoms with E-state index in [4.69, 9.17) is 0 Å². The summed E-state index contributed by atoms with van der Waals surface area (Å²) in [4.78, 5) is 8.26. The molecule has 25 heavy (non-hydrogen) atoms. The minimum absolute atomic E-state index is 0.118. The Labute approximate surface area is 149 Å². The number of nitrogens with zero attached hydrogens (tertiary/aromatic N) is 4. The molecule has 1 aromatic carbocycles.